The van der Waals surface area contributed by atoms with Gasteiger partial charge < -0.3 is 5.11 Å². The fraction of sp³-hybridized carbons (Fsp3) is 0.500. The van der Waals surface area contributed by atoms with Crippen molar-refractivity contribution in [2.75, 3.05) is 0 Å². The Balaban J connectivity index is 2.23. The van der Waals surface area contributed by atoms with Gasteiger partial charge in [-0.05, 0) is 30.7 Å². The highest BCUT2D eigenvalue weighted by molar-refractivity contribution is 6.31. The molecule has 3 heteroatoms. The van der Waals surface area contributed by atoms with Gasteiger partial charge in [0.1, 0.15) is 0 Å². The maximum Gasteiger partial charge on any atom is 0.0920 e. The highest BCUT2D eigenvalue weighted by atomic mass is 35.5. The van der Waals surface area contributed by atoms with Crippen molar-refractivity contribution in [3.05, 3.63) is 28.5 Å². The Kier molecular flexibility index (Phi) is 1.35. The molecule has 3 aliphatic carbocycles. The number of halogens is 1. The Morgan fingerprint density at radius 2 is 2.23 bits per heavy atom. The summed E-state index contributed by atoms with van der Waals surface area (Å²) in [4.78, 5) is 4.03. The van der Waals surface area contributed by atoms with E-state index >= 15 is 0 Å². The molecule has 68 valence electrons. The summed E-state index contributed by atoms with van der Waals surface area (Å²) < 4.78 is 0. The molecule has 0 spiro atoms. The zero-order valence-corrected chi connectivity index (χ0v) is 7.88. The summed E-state index contributed by atoms with van der Waals surface area (Å²) in [5.41, 5.74) is 1.47. The number of pyridine rings is 1. The minimum absolute atomic E-state index is 0.601. The third kappa shape index (κ3) is 0.903. The third-order valence-corrected chi connectivity index (χ3v) is 3.58. The average Bonchev–Trinajstić information content (AvgIpc) is 2.04. The second-order valence-electron chi connectivity index (χ2n) is 4.16. The van der Waals surface area contributed by atoms with Crippen molar-refractivity contribution in [2.45, 2.75) is 24.9 Å². The molecule has 1 saturated carbocycles. The normalized spacial score (nSPS) is 35.1. The lowest BCUT2D eigenvalue weighted by atomic mass is 9.60. The molecule has 0 amide bonds. The molecular weight excluding hydrogens is 186 g/mol. The first-order valence-corrected chi connectivity index (χ1v) is 4.92. The summed E-state index contributed by atoms with van der Waals surface area (Å²) in [7, 11) is 0. The van der Waals surface area contributed by atoms with Crippen molar-refractivity contribution >= 4 is 11.6 Å². The van der Waals surface area contributed by atoms with Gasteiger partial charge in [0, 0.05) is 18.0 Å². The summed E-state index contributed by atoms with van der Waals surface area (Å²) in [5, 5.41) is 10.8. The van der Waals surface area contributed by atoms with E-state index in [2.05, 4.69) is 4.98 Å². The largest absolute Gasteiger partial charge is 0.385 e. The van der Waals surface area contributed by atoms with Crippen molar-refractivity contribution in [1.82, 2.24) is 4.98 Å². The van der Waals surface area contributed by atoms with E-state index in [4.69, 9.17) is 11.6 Å². The summed E-state index contributed by atoms with van der Waals surface area (Å²) in [6.07, 6.45) is 6.22. The topological polar surface area (TPSA) is 33.1 Å². The lowest BCUT2D eigenvalue weighted by Gasteiger charge is -2.49. The van der Waals surface area contributed by atoms with Crippen LogP contribution in [-0.4, -0.2) is 10.1 Å². The van der Waals surface area contributed by atoms with Gasteiger partial charge in [-0.3, -0.25) is 4.98 Å². The quantitative estimate of drug-likeness (QED) is 0.686. The molecule has 0 atom stereocenters. The molecule has 1 fully saturated rings. The summed E-state index contributed by atoms with van der Waals surface area (Å²) >= 11 is 6.02. The second kappa shape index (κ2) is 2.25. The fourth-order valence-corrected chi connectivity index (χ4v) is 2.85. The molecule has 2 bridgehead atoms. The Morgan fingerprint density at radius 1 is 1.46 bits per heavy atom. The number of rotatable bonds is 0. The molecule has 0 saturated heterocycles. The summed E-state index contributed by atoms with van der Waals surface area (Å²) in [6.45, 7) is 0. The van der Waals surface area contributed by atoms with Crippen LogP contribution < -0.4 is 0 Å². The first-order valence-electron chi connectivity index (χ1n) is 4.54. The number of nitrogens with zero attached hydrogens (tertiary/aromatic N) is 1. The van der Waals surface area contributed by atoms with Crippen molar-refractivity contribution in [1.29, 1.82) is 0 Å². The molecule has 0 aromatic carbocycles. The van der Waals surface area contributed by atoms with E-state index in [-0.39, 0.29) is 0 Å². The zero-order chi connectivity index (χ0) is 9.05. The molecule has 0 aliphatic heterocycles. The van der Waals surface area contributed by atoms with Crippen LogP contribution in [0.5, 0.6) is 0 Å². The minimum Gasteiger partial charge on any atom is -0.385 e. The van der Waals surface area contributed by atoms with Gasteiger partial charge in [0.15, 0.2) is 0 Å². The average molecular weight is 196 g/mol. The SMILES string of the molecule is OC12CC(Cc3c(Cl)cncc31)C2. The van der Waals surface area contributed by atoms with Gasteiger partial charge >= 0.3 is 0 Å². The van der Waals surface area contributed by atoms with Crippen LogP contribution in [0.4, 0.5) is 0 Å². The van der Waals surface area contributed by atoms with Crippen molar-refractivity contribution in [3.63, 3.8) is 0 Å². The predicted octanol–water partition coefficient (Wildman–Crippen LogP) is 1.89. The van der Waals surface area contributed by atoms with Gasteiger partial charge in [0.2, 0.25) is 0 Å². The number of hydrogen-bond donors (Lipinski definition) is 1. The van der Waals surface area contributed by atoms with Crippen LogP contribution in [0, 0.1) is 5.92 Å². The van der Waals surface area contributed by atoms with Crippen LogP contribution in [0.15, 0.2) is 12.4 Å². The van der Waals surface area contributed by atoms with Crippen LogP contribution >= 0.6 is 11.6 Å². The van der Waals surface area contributed by atoms with E-state index in [1.54, 1.807) is 12.4 Å². The van der Waals surface area contributed by atoms with E-state index < -0.39 is 5.60 Å². The van der Waals surface area contributed by atoms with Crippen molar-refractivity contribution < 1.29 is 5.11 Å². The highest BCUT2D eigenvalue weighted by Gasteiger charge is 2.49. The molecule has 0 unspecified atom stereocenters. The number of aliphatic hydroxyl groups is 1. The first kappa shape index (κ1) is 7.77. The zero-order valence-electron chi connectivity index (χ0n) is 7.13. The van der Waals surface area contributed by atoms with Crippen LogP contribution in [0.25, 0.3) is 0 Å². The molecule has 1 aromatic heterocycles. The van der Waals surface area contributed by atoms with E-state index in [0.29, 0.717) is 10.9 Å². The van der Waals surface area contributed by atoms with E-state index in [1.165, 1.54) is 0 Å². The standard InChI is InChI=1S/C10H10ClNO/c11-9-5-12-4-8-7(9)1-6-2-10(8,13)3-6/h4-6,13H,1-3H2. The first-order chi connectivity index (χ1) is 6.19. The number of hydrogen-bond acceptors (Lipinski definition) is 2. The molecule has 1 heterocycles. The fourth-order valence-electron chi connectivity index (χ4n) is 2.62. The van der Waals surface area contributed by atoms with Crippen LogP contribution in [0.1, 0.15) is 24.0 Å². The Labute approximate surface area is 81.6 Å². The van der Waals surface area contributed by atoms with Crippen LogP contribution in [0.3, 0.4) is 0 Å². The number of aromatic nitrogens is 1. The third-order valence-electron chi connectivity index (χ3n) is 3.25. The van der Waals surface area contributed by atoms with Gasteiger partial charge in [0.25, 0.3) is 0 Å². The van der Waals surface area contributed by atoms with Crippen LogP contribution in [-0.2, 0) is 12.0 Å². The predicted molar refractivity (Wildman–Crippen MR) is 49.6 cm³/mol. The lowest BCUT2D eigenvalue weighted by molar-refractivity contribution is -0.0914. The van der Waals surface area contributed by atoms with Crippen molar-refractivity contribution in [3.8, 4) is 0 Å². The molecular formula is C10H10ClNO. The Hall–Kier alpha value is -0.600. The molecule has 4 rings (SSSR count). The van der Waals surface area contributed by atoms with Crippen LogP contribution in [0.2, 0.25) is 5.02 Å². The van der Waals surface area contributed by atoms with Gasteiger partial charge in [-0.1, -0.05) is 11.6 Å². The monoisotopic (exact) mass is 195 g/mol. The summed E-state index contributed by atoms with van der Waals surface area (Å²) in [6, 6.07) is 0. The van der Waals surface area contributed by atoms with Gasteiger partial charge in [0.05, 0.1) is 10.6 Å². The molecule has 3 aliphatic rings. The molecule has 13 heavy (non-hydrogen) atoms. The minimum atomic E-state index is -0.601. The molecule has 1 N–H and O–H groups in total. The maximum atomic E-state index is 10.1. The second-order valence-corrected chi connectivity index (χ2v) is 4.56. The molecule has 1 aromatic rings. The van der Waals surface area contributed by atoms with E-state index in [0.717, 1.165) is 30.4 Å². The maximum absolute atomic E-state index is 10.1. The Bertz CT molecular complexity index is 371. The smallest absolute Gasteiger partial charge is 0.0920 e. The van der Waals surface area contributed by atoms with Gasteiger partial charge in [-0.15, -0.1) is 0 Å². The van der Waals surface area contributed by atoms with Crippen molar-refractivity contribution in [2.24, 2.45) is 5.92 Å². The van der Waals surface area contributed by atoms with Gasteiger partial charge in [-0.25, -0.2) is 0 Å². The Morgan fingerprint density at radius 3 is 2.92 bits per heavy atom. The lowest BCUT2D eigenvalue weighted by Crippen LogP contribution is -2.47. The highest BCUT2D eigenvalue weighted by Crippen LogP contribution is 2.53. The molecule has 2 nitrogen and oxygen atoms in total. The van der Waals surface area contributed by atoms with Gasteiger partial charge in [-0.2, -0.15) is 0 Å². The van der Waals surface area contributed by atoms with E-state index in [1.807, 2.05) is 0 Å². The van der Waals surface area contributed by atoms with E-state index in [9.17, 15) is 5.11 Å². The molecule has 0 radical (unpaired) electrons. The summed E-state index contributed by atoms with van der Waals surface area (Å²) in [5.74, 6) is 0.636.